The van der Waals surface area contributed by atoms with Gasteiger partial charge in [-0.1, -0.05) is 30.7 Å². The smallest absolute Gasteiger partial charge is 0.303 e. The van der Waals surface area contributed by atoms with Crippen molar-refractivity contribution in [2.45, 2.75) is 19.1 Å². The molecule has 0 aliphatic carbocycles. The first-order chi connectivity index (χ1) is 9.47. The van der Waals surface area contributed by atoms with Gasteiger partial charge in [-0.15, -0.1) is 11.8 Å². The van der Waals surface area contributed by atoms with Crippen molar-refractivity contribution in [2.24, 2.45) is 5.92 Å². The Balaban J connectivity index is 2.17. The van der Waals surface area contributed by atoms with E-state index in [4.69, 9.17) is 16.7 Å². The lowest BCUT2D eigenvalue weighted by atomic mass is 10.1. The van der Waals surface area contributed by atoms with Crippen LogP contribution >= 0.6 is 23.4 Å². The summed E-state index contributed by atoms with van der Waals surface area (Å²) in [6.07, 6.45) is 0.0677. The fourth-order valence-corrected chi connectivity index (χ4v) is 2.50. The predicted octanol–water partition coefficient (Wildman–Crippen LogP) is 2.80. The van der Waals surface area contributed by atoms with Gasteiger partial charge in [0.1, 0.15) is 0 Å². The van der Waals surface area contributed by atoms with Crippen LogP contribution in [0.1, 0.15) is 18.9 Å². The second-order valence-corrected chi connectivity index (χ2v) is 6.05. The Bertz CT molecular complexity index is 450. The molecular weight excluding hydrogens is 298 g/mol. The molecule has 0 aromatic heterocycles. The molecule has 0 radical (unpaired) electrons. The molecule has 1 aromatic rings. The molecule has 0 saturated carbocycles. The molecule has 110 valence electrons. The SMILES string of the molecule is CC(CNC(=O)CSCc1ccc(Cl)cc1)CC(=O)O. The van der Waals surface area contributed by atoms with E-state index in [0.29, 0.717) is 17.3 Å². The summed E-state index contributed by atoms with van der Waals surface area (Å²) in [5.41, 5.74) is 1.12. The van der Waals surface area contributed by atoms with E-state index < -0.39 is 5.97 Å². The van der Waals surface area contributed by atoms with E-state index in [2.05, 4.69) is 5.32 Å². The van der Waals surface area contributed by atoms with Crippen LogP contribution in [0.5, 0.6) is 0 Å². The minimum Gasteiger partial charge on any atom is -0.481 e. The maximum atomic E-state index is 11.6. The Morgan fingerprint density at radius 1 is 1.35 bits per heavy atom. The number of thioether (sulfide) groups is 1. The van der Waals surface area contributed by atoms with Gasteiger partial charge in [0, 0.05) is 23.7 Å². The summed E-state index contributed by atoms with van der Waals surface area (Å²) in [5.74, 6) is 0.139. The number of halogens is 1. The highest BCUT2D eigenvalue weighted by Crippen LogP contribution is 2.15. The number of hydrogen-bond acceptors (Lipinski definition) is 3. The van der Waals surface area contributed by atoms with Crippen molar-refractivity contribution in [3.8, 4) is 0 Å². The number of aliphatic carboxylic acids is 1. The van der Waals surface area contributed by atoms with E-state index in [0.717, 1.165) is 11.3 Å². The lowest BCUT2D eigenvalue weighted by molar-refractivity contribution is -0.138. The molecule has 0 heterocycles. The minimum absolute atomic E-state index is 0.0577. The zero-order valence-corrected chi connectivity index (χ0v) is 12.8. The number of rotatable bonds is 8. The van der Waals surface area contributed by atoms with Gasteiger partial charge in [-0.25, -0.2) is 0 Å². The lowest BCUT2D eigenvalue weighted by Crippen LogP contribution is -2.30. The molecule has 1 atom stereocenters. The third-order valence-electron chi connectivity index (χ3n) is 2.59. The molecule has 4 nitrogen and oxygen atoms in total. The molecule has 2 N–H and O–H groups in total. The lowest BCUT2D eigenvalue weighted by Gasteiger charge is -2.10. The number of benzene rings is 1. The number of nitrogens with one attached hydrogen (secondary N) is 1. The fourth-order valence-electron chi connectivity index (χ4n) is 1.55. The number of hydrogen-bond donors (Lipinski definition) is 2. The van der Waals surface area contributed by atoms with E-state index in [-0.39, 0.29) is 18.2 Å². The van der Waals surface area contributed by atoms with Crippen LogP contribution in [-0.4, -0.2) is 29.3 Å². The van der Waals surface area contributed by atoms with Crippen molar-refractivity contribution in [3.63, 3.8) is 0 Å². The minimum atomic E-state index is -0.844. The molecule has 0 saturated heterocycles. The number of carboxylic acids is 1. The van der Waals surface area contributed by atoms with E-state index in [1.165, 1.54) is 11.8 Å². The van der Waals surface area contributed by atoms with Crippen molar-refractivity contribution in [2.75, 3.05) is 12.3 Å². The summed E-state index contributed by atoms with van der Waals surface area (Å²) in [5, 5.41) is 12.0. The van der Waals surface area contributed by atoms with Gasteiger partial charge in [0.05, 0.1) is 5.75 Å². The van der Waals surface area contributed by atoms with Gasteiger partial charge in [-0.3, -0.25) is 9.59 Å². The fraction of sp³-hybridized carbons (Fsp3) is 0.429. The van der Waals surface area contributed by atoms with Crippen LogP contribution in [0.3, 0.4) is 0 Å². The molecule has 1 aromatic carbocycles. The molecule has 0 spiro atoms. The first kappa shape index (κ1) is 16.9. The van der Waals surface area contributed by atoms with Crippen molar-refractivity contribution in [3.05, 3.63) is 34.9 Å². The Morgan fingerprint density at radius 3 is 2.60 bits per heavy atom. The maximum Gasteiger partial charge on any atom is 0.303 e. The summed E-state index contributed by atoms with van der Waals surface area (Å²) >= 11 is 7.30. The normalized spacial score (nSPS) is 11.9. The van der Waals surface area contributed by atoms with Gasteiger partial charge >= 0.3 is 5.97 Å². The largest absolute Gasteiger partial charge is 0.481 e. The van der Waals surface area contributed by atoms with Gasteiger partial charge in [0.2, 0.25) is 5.91 Å². The van der Waals surface area contributed by atoms with Crippen LogP contribution in [0, 0.1) is 5.92 Å². The zero-order valence-electron chi connectivity index (χ0n) is 11.3. The standard InChI is InChI=1S/C14H18ClNO3S/c1-10(6-14(18)19)7-16-13(17)9-20-8-11-2-4-12(15)5-3-11/h2-5,10H,6-9H2,1H3,(H,16,17)(H,18,19). The average Bonchev–Trinajstić information content (AvgIpc) is 2.38. The van der Waals surface area contributed by atoms with Crippen molar-refractivity contribution < 1.29 is 14.7 Å². The highest BCUT2D eigenvalue weighted by Gasteiger charge is 2.09. The molecule has 1 rings (SSSR count). The van der Waals surface area contributed by atoms with Gasteiger partial charge in [-0.05, 0) is 23.6 Å². The summed E-state index contributed by atoms with van der Waals surface area (Å²) in [6.45, 7) is 2.20. The molecule has 6 heteroatoms. The van der Waals surface area contributed by atoms with E-state index >= 15 is 0 Å². The molecular formula is C14H18ClNO3S. The first-order valence-electron chi connectivity index (χ1n) is 6.28. The molecule has 1 amide bonds. The van der Waals surface area contributed by atoms with Crippen LogP contribution in [0.25, 0.3) is 0 Å². The monoisotopic (exact) mass is 315 g/mol. The number of carbonyl (C=O) groups is 2. The van der Waals surface area contributed by atoms with Gasteiger partial charge < -0.3 is 10.4 Å². The molecule has 0 aliphatic heterocycles. The summed E-state index contributed by atoms with van der Waals surface area (Å²) in [6, 6.07) is 7.51. The van der Waals surface area contributed by atoms with E-state index in [1.54, 1.807) is 6.92 Å². The zero-order chi connectivity index (χ0) is 15.0. The summed E-state index contributed by atoms with van der Waals surface area (Å²) in [7, 11) is 0. The van der Waals surface area contributed by atoms with Crippen LogP contribution in [0.15, 0.2) is 24.3 Å². The average molecular weight is 316 g/mol. The Kier molecular flexibility index (Phi) is 7.47. The number of amides is 1. The van der Waals surface area contributed by atoms with Crippen LogP contribution in [0.4, 0.5) is 0 Å². The number of carboxylic acid groups (broad SMARTS) is 1. The highest BCUT2D eigenvalue weighted by molar-refractivity contribution is 7.99. The topological polar surface area (TPSA) is 66.4 Å². The molecule has 0 bridgehead atoms. The molecule has 1 unspecified atom stereocenters. The van der Waals surface area contributed by atoms with Gasteiger partial charge in [0.15, 0.2) is 0 Å². The van der Waals surface area contributed by atoms with Gasteiger partial charge in [-0.2, -0.15) is 0 Å². The Hall–Kier alpha value is -1.20. The summed E-state index contributed by atoms with van der Waals surface area (Å²) < 4.78 is 0. The van der Waals surface area contributed by atoms with Crippen LogP contribution < -0.4 is 5.32 Å². The van der Waals surface area contributed by atoms with E-state index in [1.807, 2.05) is 24.3 Å². The molecule has 20 heavy (non-hydrogen) atoms. The Labute approximate surface area is 127 Å². The third kappa shape index (κ3) is 7.40. The second-order valence-electron chi connectivity index (χ2n) is 4.63. The molecule has 0 aliphatic rings. The van der Waals surface area contributed by atoms with Crippen molar-refractivity contribution >= 4 is 35.2 Å². The number of carbonyl (C=O) groups excluding carboxylic acids is 1. The maximum absolute atomic E-state index is 11.6. The van der Waals surface area contributed by atoms with Crippen molar-refractivity contribution in [1.29, 1.82) is 0 Å². The van der Waals surface area contributed by atoms with Gasteiger partial charge in [0.25, 0.3) is 0 Å². The molecule has 0 fully saturated rings. The Morgan fingerprint density at radius 2 is 2.00 bits per heavy atom. The van der Waals surface area contributed by atoms with E-state index in [9.17, 15) is 9.59 Å². The predicted molar refractivity (Wildman–Crippen MR) is 82.0 cm³/mol. The first-order valence-corrected chi connectivity index (χ1v) is 7.81. The second kappa shape index (κ2) is 8.87. The van der Waals surface area contributed by atoms with Crippen molar-refractivity contribution in [1.82, 2.24) is 5.32 Å². The van der Waals surface area contributed by atoms with Crippen LogP contribution in [0.2, 0.25) is 5.02 Å². The summed E-state index contributed by atoms with van der Waals surface area (Å²) in [4.78, 5) is 22.1. The van der Waals surface area contributed by atoms with Crippen LogP contribution in [-0.2, 0) is 15.3 Å². The highest BCUT2D eigenvalue weighted by atomic mass is 35.5. The quantitative estimate of drug-likeness (QED) is 0.774. The third-order valence-corrected chi connectivity index (χ3v) is 3.84.